The first-order valence-corrected chi connectivity index (χ1v) is 8.03. The molecule has 0 unspecified atom stereocenters. The highest BCUT2D eigenvalue weighted by atomic mass is 19.1. The minimum Gasteiger partial charge on any atom is -0.399 e. The second-order valence-electron chi connectivity index (χ2n) is 7.26. The molecule has 0 atom stereocenters. The van der Waals surface area contributed by atoms with Crippen molar-refractivity contribution in [2.24, 2.45) is 0 Å². The van der Waals surface area contributed by atoms with Gasteiger partial charge in [-0.05, 0) is 63.5 Å². The average molecular weight is 306 g/mol. The Morgan fingerprint density at radius 2 is 1.64 bits per heavy atom. The zero-order valence-corrected chi connectivity index (χ0v) is 13.8. The van der Waals surface area contributed by atoms with Crippen LogP contribution in [0.1, 0.15) is 52.0 Å². The normalized spacial score (nSPS) is 24.7. The summed E-state index contributed by atoms with van der Waals surface area (Å²) in [5.41, 5.74) is 0.705. The van der Waals surface area contributed by atoms with Gasteiger partial charge in [-0.3, -0.25) is 0 Å². The average Bonchev–Trinajstić information content (AvgIpc) is 2.68. The van der Waals surface area contributed by atoms with Gasteiger partial charge in [-0.1, -0.05) is 12.1 Å². The van der Waals surface area contributed by atoms with Gasteiger partial charge in [-0.2, -0.15) is 0 Å². The van der Waals surface area contributed by atoms with Crippen LogP contribution >= 0.6 is 0 Å². The summed E-state index contributed by atoms with van der Waals surface area (Å²) in [7, 11) is -0.511. The number of hydrogen-bond acceptors (Lipinski definition) is 3. The lowest BCUT2D eigenvalue weighted by Crippen LogP contribution is -2.41. The third-order valence-corrected chi connectivity index (χ3v) is 5.21. The summed E-state index contributed by atoms with van der Waals surface area (Å²) in [6.45, 7) is 9.42. The maximum Gasteiger partial charge on any atom is 0.494 e. The minimum absolute atomic E-state index is 0.167. The second kappa shape index (κ2) is 5.62. The van der Waals surface area contributed by atoms with Crippen LogP contribution in [0.25, 0.3) is 0 Å². The molecule has 2 saturated heterocycles. The molecule has 0 radical (unpaired) electrons. The van der Waals surface area contributed by atoms with Crippen LogP contribution in [-0.2, 0) is 14.0 Å². The monoisotopic (exact) mass is 306 g/mol. The molecule has 0 aromatic heterocycles. The third kappa shape index (κ3) is 2.82. The lowest BCUT2D eigenvalue weighted by Gasteiger charge is -2.32. The SMILES string of the molecule is CC1(C)OB(c2ccc(C3CCOCC3)c(F)c2)OC1(C)C. The van der Waals surface area contributed by atoms with Gasteiger partial charge >= 0.3 is 7.12 Å². The Morgan fingerprint density at radius 3 is 2.18 bits per heavy atom. The van der Waals surface area contributed by atoms with Crippen LogP contribution in [-0.4, -0.2) is 31.5 Å². The smallest absolute Gasteiger partial charge is 0.399 e. The van der Waals surface area contributed by atoms with E-state index in [0.717, 1.165) is 23.9 Å². The molecule has 2 aliphatic heterocycles. The molecular formula is C17H24BFO3. The van der Waals surface area contributed by atoms with Crippen LogP contribution in [0.3, 0.4) is 0 Å². The summed E-state index contributed by atoms with van der Waals surface area (Å²) in [6.07, 6.45) is 1.76. The number of halogens is 1. The molecule has 0 saturated carbocycles. The lowest BCUT2D eigenvalue weighted by atomic mass is 9.77. The Hall–Kier alpha value is -0.905. The van der Waals surface area contributed by atoms with E-state index < -0.39 is 18.3 Å². The summed E-state index contributed by atoms with van der Waals surface area (Å²) in [5, 5.41) is 0. The molecule has 0 amide bonds. The molecule has 120 valence electrons. The first-order chi connectivity index (χ1) is 10.3. The minimum atomic E-state index is -0.511. The molecule has 3 rings (SSSR count). The largest absolute Gasteiger partial charge is 0.494 e. The van der Waals surface area contributed by atoms with E-state index in [1.54, 1.807) is 6.07 Å². The molecule has 5 heteroatoms. The quantitative estimate of drug-likeness (QED) is 0.786. The molecular weight excluding hydrogens is 282 g/mol. The Bertz CT molecular complexity index is 537. The van der Waals surface area contributed by atoms with E-state index in [2.05, 4.69) is 0 Å². The van der Waals surface area contributed by atoms with E-state index in [1.165, 1.54) is 0 Å². The topological polar surface area (TPSA) is 27.7 Å². The molecule has 1 aromatic carbocycles. The Labute approximate surface area is 132 Å². The van der Waals surface area contributed by atoms with Crippen molar-refractivity contribution in [3.05, 3.63) is 29.6 Å². The van der Waals surface area contributed by atoms with Gasteiger partial charge in [-0.15, -0.1) is 0 Å². The van der Waals surface area contributed by atoms with Crippen LogP contribution in [0.15, 0.2) is 18.2 Å². The fourth-order valence-electron chi connectivity index (χ4n) is 3.01. The molecule has 0 spiro atoms. The number of ether oxygens (including phenoxy) is 1. The van der Waals surface area contributed by atoms with Crippen LogP contribution in [0.4, 0.5) is 4.39 Å². The first kappa shape index (κ1) is 16.0. The summed E-state index contributed by atoms with van der Waals surface area (Å²) in [6, 6.07) is 5.37. The van der Waals surface area contributed by atoms with Gasteiger partial charge in [0.05, 0.1) is 11.2 Å². The van der Waals surface area contributed by atoms with Crippen LogP contribution in [0.5, 0.6) is 0 Å². The molecule has 3 nitrogen and oxygen atoms in total. The summed E-state index contributed by atoms with van der Waals surface area (Å²) in [4.78, 5) is 0. The van der Waals surface area contributed by atoms with Gasteiger partial charge in [0.15, 0.2) is 0 Å². The number of rotatable bonds is 2. The fourth-order valence-corrected chi connectivity index (χ4v) is 3.01. The summed E-state index contributed by atoms with van der Waals surface area (Å²) >= 11 is 0. The zero-order valence-electron chi connectivity index (χ0n) is 13.8. The Morgan fingerprint density at radius 1 is 1.05 bits per heavy atom. The molecule has 0 N–H and O–H groups in total. The second-order valence-corrected chi connectivity index (χ2v) is 7.26. The van der Waals surface area contributed by atoms with Crippen molar-refractivity contribution < 1.29 is 18.4 Å². The van der Waals surface area contributed by atoms with Crippen molar-refractivity contribution >= 4 is 12.6 Å². The molecule has 2 fully saturated rings. The van der Waals surface area contributed by atoms with Gasteiger partial charge in [0.1, 0.15) is 5.82 Å². The van der Waals surface area contributed by atoms with Crippen LogP contribution in [0.2, 0.25) is 0 Å². The zero-order chi connectivity index (χ0) is 16.0. The van der Waals surface area contributed by atoms with Gasteiger partial charge in [0.25, 0.3) is 0 Å². The van der Waals surface area contributed by atoms with Crippen molar-refractivity contribution in [2.75, 3.05) is 13.2 Å². The van der Waals surface area contributed by atoms with Gasteiger partial charge in [0, 0.05) is 13.2 Å². The van der Waals surface area contributed by atoms with Crippen molar-refractivity contribution in [2.45, 2.75) is 57.7 Å². The molecule has 0 aliphatic carbocycles. The van der Waals surface area contributed by atoms with E-state index >= 15 is 0 Å². The molecule has 0 bridgehead atoms. The van der Waals surface area contributed by atoms with Crippen molar-refractivity contribution in [3.8, 4) is 0 Å². The highest BCUT2D eigenvalue weighted by Gasteiger charge is 2.51. The van der Waals surface area contributed by atoms with Crippen molar-refractivity contribution in [1.29, 1.82) is 0 Å². The van der Waals surface area contributed by atoms with Crippen LogP contribution < -0.4 is 5.46 Å². The summed E-state index contributed by atoms with van der Waals surface area (Å²) in [5.74, 6) is 0.0835. The van der Waals surface area contributed by atoms with E-state index in [4.69, 9.17) is 14.0 Å². The van der Waals surface area contributed by atoms with E-state index in [1.807, 2.05) is 39.8 Å². The maximum atomic E-state index is 14.5. The third-order valence-electron chi connectivity index (χ3n) is 5.21. The molecule has 1 aromatic rings. The molecule has 2 aliphatic rings. The Kier molecular flexibility index (Phi) is 4.08. The van der Waals surface area contributed by atoms with Crippen molar-refractivity contribution in [3.63, 3.8) is 0 Å². The van der Waals surface area contributed by atoms with Crippen molar-refractivity contribution in [1.82, 2.24) is 0 Å². The first-order valence-electron chi connectivity index (χ1n) is 8.03. The number of hydrogen-bond donors (Lipinski definition) is 0. The van der Waals surface area contributed by atoms with Crippen LogP contribution in [0, 0.1) is 5.82 Å². The molecule has 2 heterocycles. The summed E-state index contributed by atoms with van der Waals surface area (Å²) < 4.78 is 31.8. The highest BCUT2D eigenvalue weighted by Crippen LogP contribution is 2.36. The van der Waals surface area contributed by atoms with E-state index in [9.17, 15) is 4.39 Å². The maximum absolute atomic E-state index is 14.5. The van der Waals surface area contributed by atoms with E-state index in [-0.39, 0.29) is 11.7 Å². The predicted octanol–water partition coefficient (Wildman–Crippen LogP) is 3.02. The lowest BCUT2D eigenvalue weighted by molar-refractivity contribution is 0.00578. The Balaban J connectivity index is 1.81. The molecule has 22 heavy (non-hydrogen) atoms. The number of benzene rings is 1. The highest BCUT2D eigenvalue weighted by molar-refractivity contribution is 6.62. The van der Waals surface area contributed by atoms with Gasteiger partial charge in [0.2, 0.25) is 0 Å². The van der Waals surface area contributed by atoms with Gasteiger partial charge < -0.3 is 14.0 Å². The standard InChI is InChI=1S/C17H24BFO3/c1-16(2)17(3,4)22-18(21-16)13-5-6-14(15(19)11-13)12-7-9-20-10-8-12/h5-6,11-12H,7-10H2,1-4H3. The predicted molar refractivity (Wildman–Crippen MR) is 84.9 cm³/mol. The fraction of sp³-hybridized carbons (Fsp3) is 0.647. The van der Waals surface area contributed by atoms with E-state index in [0.29, 0.717) is 13.2 Å². The van der Waals surface area contributed by atoms with Gasteiger partial charge in [-0.25, -0.2) is 4.39 Å².